The van der Waals surface area contributed by atoms with Gasteiger partial charge >= 0.3 is 0 Å². The number of nitrogen functional groups attached to an aromatic ring is 1. The number of hydrogen-bond donors (Lipinski definition) is 1. The second-order valence-corrected chi connectivity index (χ2v) is 5.00. The van der Waals surface area contributed by atoms with Gasteiger partial charge in [-0.15, -0.1) is 0 Å². The van der Waals surface area contributed by atoms with Gasteiger partial charge in [0.15, 0.2) is 0 Å². The average molecular weight is 293 g/mol. The molecule has 2 rings (SSSR count). The second-order valence-electron chi connectivity index (χ2n) is 4.56. The predicted molar refractivity (Wildman–Crippen MR) is 78.1 cm³/mol. The highest BCUT2D eigenvalue weighted by Crippen LogP contribution is 2.15. The lowest BCUT2D eigenvalue weighted by molar-refractivity contribution is 0.0784. The van der Waals surface area contributed by atoms with Gasteiger partial charge in [0.1, 0.15) is 5.82 Å². The molecular weight excluding hydrogens is 279 g/mol. The molecule has 2 aromatic rings. The molecule has 0 radical (unpaired) electrons. The molecule has 0 saturated heterocycles. The fourth-order valence-electron chi connectivity index (χ4n) is 1.89. The van der Waals surface area contributed by atoms with Gasteiger partial charge in [0, 0.05) is 29.9 Å². The Hall–Kier alpha value is -2.07. The number of hydrogen-bond acceptors (Lipinski definition) is 2. The monoisotopic (exact) mass is 292 g/mol. The number of anilines is 1. The number of carbonyl (C=O) groups is 1. The van der Waals surface area contributed by atoms with Crippen molar-refractivity contribution in [1.29, 1.82) is 0 Å². The molecule has 2 aromatic carbocycles. The standard InChI is InChI=1S/C15H14ClFN2O/c1-19(9-10-2-4-12(16)5-3-10)15(20)11-6-13(17)8-14(18)7-11/h2-8H,9,18H2,1H3. The highest BCUT2D eigenvalue weighted by molar-refractivity contribution is 6.30. The van der Waals surface area contributed by atoms with E-state index in [0.29, 0.717) is 11.6 Å². The molecule has 0 aliphatic heterocycles. The van der Waals surface area contributed by atoms with Crippen molar-refractivity contribution in [2.24, 2.45) is 0 Å². The number of benzene rings is 2. The molecule has 0 atom stereocenters. The Balaban J connectivity index is 2.14. The van der Waals surface area contributed by atoms with Crippen molar-refractivity contribution in [2.75, 3.05) is 12.8 Å². The zero-order valence-corrected chi connectivity index (χ0v) is 11.7. The summed E-state index contributed by atoms with van der Waals surface area (Å²) in [6, 6.07) is 11.0. The fourth-order valence-corrected chi connectivity index (χ4v) is 2.02. The van der Waals surface area contributed by atoms with Gasteiger partial charge in [-0.1, -0.05) is 23.7 Å². The molecule has 0 fully saturated rings. The van der Waals surface area contributed by atoms with E-state index in [0.717, 1.165) is 5.56 Å². The van der Waals surface area contributed by atoms with Crippen LogP contribution in [-0.2, 0) is 6.54 Å². The van der Waals surface area contributed by atoms with Crippen LogP contribution in [0.2, 0.25) is 5.02 Å². The molecule has 0 unspecified atom stereocenters. The van der Waals surface area contributed by atoms with Crippen LogP contribution in [0.4, 0.5) is 10.1 Å². The summed E-state index contributed by atoms with van der Waals surface area (Å²) >= 11 is 5.81. The number of amides is 1. The van der Waals surface area contributed by atoms with E-state index >= 15 is 0 Å². The fraction of sp³-hybridized carbons (Fsp3) is 0.133. The van der Waals surface area contributed by atoms with E-state index < -0.39 is 5.82 Å². The minimum absolute atomic E-state index is 0.230. The first-order chi connectivity index (χ1) is 9.45. The Labute approximate surface area is 121 Å². The first-order valence-corrected chi connectivity index (χ1v) is 6.39. The summed E-state index contributed by atoms with van der Waals surface area (Å²) in [5.74, 6) is -0.806. The summed E-state index contributed by atoms with van der Waals surface area (Å²) in [5.41, 5.74) is 6.95. The Morgan fingerprint density at radius 1 is 1.25 bits per heavy atom. The number of nitrogens with two attached hydrogens (primary N) is 1. The third-order valence-corrected chi connectivity index (χ3v) is 3.10. The summed E-state index contributed by atoms with van der Waals surface area (Å²) in [6.07, 6.45) is 0. The molecule has 2 N–H and O–H groups in total. The van der Waals surface area contributed by atoms with Gasteiger partial charge in [-0.3, -0.25) is 4.79 Å². The van der Waals surface area contributed by atoms with Crippen LogP contribution in [-0.4, -0.2) is 17.9 Å². The van der Waals surface area contributed by atoms with E-state index in [4.69, 9.17) is 17.3 Å². The van der Waals surface area contributed by atoms with Crippen LogP contribution in [0.25, 0.3) is 0 Å². The van der Waals surface area contributed by atoms with Crippen LogP contribution in [0.15, 0.2) is 42.5 Å². The first kappa shape index (κ1) is 14.3. The van der Waals surface area contributed by atoms with E-state index in [2.05, 4.69) is 0 Å². The van der Waals surface area contributed by atoms with E-state index in [1.165, 1.54) is 23.1 Å². The zero-order chi connectivity index (χ0) is 14.7. The summed E-state index contributed by atoms with van der Waals surface area (Å²) < 4.78 is 13.3. The average Bonchev–Trinajstić information content (AvgIpc) is 2.39. The van der Waals surface area contributed by atoms with Crippen LogP contribution in [0.5, 0.6) is 0 Å². The number of rotatable bonds is 3. The largest absolute Gasteiger partial charge is 0.399 e. The number of nitrogens with zero attached hydrogens (tertiary/aromatic N) is 1. The molecule has 3 nitrogen and oxygen atoms in total. The molecule has 0 aliphatic carbocycles. The Bertz CT molecular complexity index is 608. The lowest BCUT2D eigenvalue weighted by atomic mass is 10.1. The molecule has 0 aliphatic rings. The highest BCUT2D eigenvalue weighted by atomic mass is 35.5. The predicted octanol–water partition coefficient (Wildman–Crippen LogP) is 3.33. The molecule has 0 spiro atoms. The molecule has 0 saturated carbocycles. The van der Waals surface area contributed by atoms with Crippen LogP contribution in [0.3, 0.4) is 0 Å². The summed E-state index contributed by atoms with van der Waals surface area (Å²) in [5, 5.41) is 0.639. The van der Waals surface area contributed by atoms with Crippen molar-refractivity contribution >= 4 is 23.2 Å². The van der Waals surface area contributed by atoms with Crippen molar-refractivity contribution in [1.82, 2.24) is 4.90 Å². The maximum Gasteiger partial charge on any atom is 0.254 e. The molecule has 0 bridgehead atoms. The number of halogens is 2. The minimum atomic E-state index is -0.520. The Morgan fingerprint density at radius 2 is 1.90 bits per heavy atom. The summed E-state index contributed by atoms with van der Waals surface area (Å²) in [7, 11) is 1.65. The van der Waals surface area contributed by atoms with Crippen molar-refractivity contribution in [3.05, 3.63) is 64.4 Å². The summed E-state index contributed by atoms with van der Waals surface area (Å²) in [4.78, 5) is 13.7. The zero-order valence-electron chi connectivity index (χ0n) is 10.9. The topological polar surface area (TPSA) is 46.3 Å². The van der Waals surface area contributed by atoms with Gasteiger partial charge in [0.25, 0.3) is 5.91 Å². The maximum absolute atomic E-state index is 13.3. The molecule has 5 heteroatoms. The van der Waals surface area contributed by atoms with E-state index in [1.807, 2.05) is 12.1 Å². The van der Waals surface area contributed by atoms with Crippen molar-refractivity contribution in [3.8, 4) is 0 Å². The van der Waals surface area contributed by atoms with Crippen molar-refractivity contribution in [3.63, 3.8) is 0 Å². The Kier molecular flexibility index (Phi) is 4.25. The van der Waals surface area contributed by atoms with Gasteiger partial charge in [0.2, 0.25) is 0 Å². The van der Waals surface area contributed by atoms with Gasteiger partial charge in [-0.05, 0) is 35.9 Å². The number of carbonyl (C=O) groups excluding carboxylic acids is 1. The molecule has 1 amide bonds. The van der Waals surface area contributed by atoms with Crippen molar-refractivity contribution < 1.29 is 9.18 Å². The van der Waals surface area contributed by atoms with Gasteiger partial charge in [-0.2, -0.15) is 0 Å². The van der Waals surface area contributed by atoms with Crippen LogP contribution < -0.4 is 5.73 Å². The van der Waals surface area contributed by atoms with E-state index in [-0.39, 0.29) is 17.2 Å². The first-order valence-electron chi connectivity index (χ1n) is 6.01. The van der Waals surface area contributed by atoms with Crippen LogP contribution in [0.1, 0.15) is 15.9 Å². The maximum atomic E-state index is 13.3. The van der Waals surface area contributed by atoms with Crippen molar-refractivity contribution in [2.45, 2.75) is 6.54 Å². The SMILES string of the molecule is CN(Cc1ccc(Cl)cc1)C(=O)c1cc(N)cc(F)c1. The molecular formula is C15H14ClFN2O. The second kappa shape index (κ2) is 5.92. The van der Waals surface area contributed by atoms with E-state index in [1.54, 1.807) is 19.2 Å². The normalized spacial score (nSPS) is 10.3. The minimum Gasteiger partial charge on any atom is -0.399 e. The smallest absolute Gasteiger partial charge is 0.254 e. The third kappa shape index (κ3) is 3.48. The van der Waals surface area contributed by atoms with Gasteiger partial charge < -0.3 is 10.6 Å². The molecule has 0 heterocycles. The van der Waals surface area contributed by atoms with Crippen LogP contribution in [0, 0.1) is 5.82 Å². The molecule has 104 valence electrons. The molecule has 0 aromatic heterocycles. The van der Waals surface area contributed by atoms with Gasteiger partial charge in [-0.25, -0.2) is 4.39 Å². The lowest BCUT2D eigenvalue weighted by Gasteiger charge is -2.17. The lowest BCUT2D eigenvalue weighted by Crippen LogP contribution is -2.26. The third-order valence-electron chi connectivity index (χ3n) is 2.85. The highest BCUT2D eigenvalue weighted by Gasteiger charge is 2.13. The molecule has 20 heavy (non-hydrogen) atoms. The quantitative estimate of drug-likeness (QED) is 0.882. The van der Waals surface area contributed by atoms with Gasteiger partial charge in [0.05, 0.1) is 0 Å². The van der Waals surface area contributed by atoms with Crippen LogP contribution >= 0.6 is 11.6 Å². The summed E-state index contributed by atoms with van der Waals surface area (Å²) in [6.45, 7) is 0.409. The Morgan fingerprint density at radius 3 is 2.50 bits per heavy atom. The van der Waals surface area contributed by atoms with E-state index in [9.17, 15) is 9.18 Å².